The van der Waals surface area contributed by atoms with E-state index in [2.05, 4.69) is 9.62 Å². The van der Waals surface area contributed by atoms with Gasteiger partial charge in [-0.2, -0.15) is 0 Å². The Bertz CT molecular complexity index is 607. The molecule has 130 valence electrons. The smallest absolute Gasteiger partial charge is 0.215 e. The summed E-state index contributed by atoms with van der Waals surface area (Å²) in [5.74, 6) is 1.32. The first kappa shape index (κ1) is 17.0. The number of aliphatic hydroxyl groups excluding tert-OH is 1. The molecule has 1 aliphatic carbocycles. The zero-order valence-electron chi connectivity index (χ0n) is 13.4. The number of likely N-dealkylation sites (tertiary alicyclic amines) is 1. The first-order valence-corrected chi connectivity index (χ1v) is 10.0. The van der Waals surface area contributed by atoms with Gasteiger partial charge in [0.25, 0.3) is 0 Å². The molecule has 2 aliphatic rings. The Morgan fingerprint density at radius 1 is 1.17 bits per heavy atom. The van der Waals surface area contributed by atoms with E-state index in [4.69, 9.17) is 9.52 Å². The minimum absolute atomic E-state index is 0.109. The highest BCUT2D eigenvalue weighted by Gasteiger charge is 2.33. The number of hydrogen-bond acceptors (Lipinski definition) is 5. The molecule has 0 unspecified atom stereocenters. The lowest BCUT2D eigenvalue weighted by Gasteiger charge is -2.32. The molecule has 2 fully saturated rings. The first-order chi connectivity index (χ1) is 11.1. The van der Waals surface area contributed by atoms with Crippen molar-refractivity contribution in [3.05, 3.63) is 23.7 Å². The fraction of sp³-hybridized carbons (Fsp3) is 0.750. The van der Waals surface area contributed by atoms with E-state index in [0.717, 1.165) is 50.8 Å². The molecule has 1 aromatic heterocycles. The van der Waals surface area contributed by atoms with Crippen molar-refractivity contribution in [1.29, 1.82) is 0 Å². The standard InChI is InChI=1S/C16H26N2O4S/c19-12-15-8-7-14(22-15)10-18-9-3-6-16(11-18)23(20,21)17-13-4-1-2-5-13/h7-8,13,16-17,19H,1-6,9-12H2/t16-/m0/s1. The maximum Gasteiger partial charge on any atom is 0.215 e. The van der Waals surface area contributed by atoms with Gasteiger partial charge in [0.1, 0.15) is 18.1 Å². The number of furan rings is 1. The van der Waals surface area contributed by atoms with Crippen LogP contribution in [0.15, 0.2) is 16.5 Å². The average molecular weight is 342 g/mol. The van der Waals surface area contributed by atoms with Gasteiger partial charge in [-0.15, -0.1) is 0 Å². The Labute approximate surface area is 137 Å². The lowest BCUT2D eigenvalue weighted by Crippen LogP contribution is -2.48. The lowest BCUT2D eigenvalue weighted by atomic mass is 10.1. The van der Waals surface area contributed by atoms with Crippen LogP contribution >= 0.6 is 0 Å². The first-order valence-electron chi connectivity index (χ1n) is 8.49. The van der Waals surface area contributed by atoms with Crippen molar-refractivity contribution in [2.75, 3.05) is 13.1 Å². The van der Waals surface area contributed by atoms with Crippen LogP contribution in [0, 0.1) is 0 Å². The van der Waals surface area contributed by atoms with Crippen molar-refractivity contribution in [3.63, 3.8) is 0 Å². The van der Waals surface area contributed by atoms with Crippen molar-refractivity contribution >= 4 is 10.0 Å². The maximum absolute atomic E-state index is 12.6. The zero-order valence-corrected chi connectivity index (χ0v) is 14.2. The molecule has 1 atom stereocenters. The molecule has 7 heteroatoms. The Kier molecular flexibility index (Phi) is 5.41. The van der Waals surface area contributed by atoms with Gasteiger partial charge in [-0.1, -0.05) is 12.8 Å². The molecule has 1 aromatic rings. The normalized spacial score (nSPS) is 24.3. The number of aliphatic hydroxyl groups is 1. The molecule has 0 aromatic carbocycles. The highest BCUT2D eigenvalue weighted by atomic mass is 32.2. The van der Waals surface area contributed by atoms with Crippen molar-refractivity contribution in [2.45, 2.75) is 63.0 Å². The summed E-state index contributed by atoms with van der Waals surface area (Å²) >= 11 is 0. The molecule has 1 saturated heterocycles. The van der Waals surface area contributed by atoms with Gasteiger partial charge in [0.15, 0.2) is 0 Å². The number of sulfonamides is 1. The van der Waals surface area contributed by atoms with Crippen LogP contribution in [0.4, 0.5) is 0 Å². The molecule has 0 bridgehead atoms. The second-order valence-corrected chi connectivity index (χ2v) is 8.66. The van der Waals surface area contributed by atoms with Gasteiger partial charge in [-0.3, -0.25) is 4.90 Å². The Hall–Kier alpha value is -0.890. The summed E-state index contributed by atoms with van der Waals surface area (Å²) in [7, 11) is -3.25. The van der Waals surface area contributed by atoms with Gasteiger partial charge in [-0.25, -0.2) is 13.1 Å². The van der Waals surface area contributed by atoms with E-state index in [1.807, 2.05) is 6.07 Å². The lowest BCUT2D eigenvalue weighted by molar-refractivity contribution is 0.195. The topological polar surface area (TPSA) is 82.8 Å². The SMILES string of the molecule is O=S(=O)(NC1CCCC1)[C@H]1CCCN(Cc2ccc(CO)o2)C1. The van der Waals surface area contributed by atoms with Crippen LogP contribution < -0.4 is 4.72 Å². The van der Waals surface area contributed by atoms with Gasteiger partial charge in [0, 0.05) is 12.6 Å². The summed E-state index contributed by atoms with van der Waals surface area (Å²) in [6.45, 7) is 1.90. The van der Waals surface area contributed by atoms with Crippen LogP contribution in [0.25, 0.3) is 0 Å². The Morgan fingerprint density at radius 3 is 2.61 bits per heavy atom. The monoisotopic (exact) mass is 342 g/mol. The molecule has 0 amide bonds. The van der Waals surface area contributed by atoms with Gasteiger partial charge >= 0.3 is 0 Å². The van der Waals surface area contributed by atoms with E-state index in [-0.39, 0.29) is 17.9 Å². The van der Waals surface area contributed by atoms with E-state index in [0.29, 0.717) is 18.8 Å². The average Bonchev–Trinajstić information content (AvgIpc) is 3.19. The summed E-state index contributed by atoms with van der Waals surface area (Å²) in [6.07, 6.45) is 5.77. The minimum Gasteiger partial charge on any atom is -0.462 e. The van der Waals surface area contributed by atoms with Gasteiger partial charge in [0.05, 0.1) is 11.8 Å². The van der Waals surface area contributed by atoms with Crippen LogP contribution in [-0.2, 0) is 23.2 Å². The fourth-order valence-corrected chi connectivity index (χ4v) is 5.37. The summed E-state index contributed by atoms with van der Waals surface area (Å²) in [4.78, 5) is 2.13. The van der Waals surface area contributed by atoms with E-state index in [9.17, 15) is 8.42 Å². The van der Waals surface area contributed by atoms with E-state index in [1.165, 1.54) is 0 Å². The summed E-state index contributed by atoms with van der Waals surface area (Å²) in [6, 6.07) is 3.74. The Morgan fingerprint density at radius 2 is 1.91 bits per heavy atom. The highest BCUT2D eigenvalue weighted by Crippen LogP contribution is 2.23. The van der Waals surface area contributed by atoms with Crippen LogP contribution in [0.3, 0.4) is 0 Å². The van der Waals surface area contributed by atoms with Gasteiger partial charge in [-0.05, 0) is 44.4 Å². The van der Waals surface area contributed by atoms with Crippen LogP contribution in [-0.4, -0.2) is 42.8 Å². The van der Waals surface area contributed by atoms with E-state index >= 15 is 0 Å². The molecule has 0 spiro atoms. The molecule has 1 aliphatic heterocycles. The summed E-state index contributed by atoms with van der Waals surface area (Å²) in [5, 5.41) is 8.70. The quantitative estimate of drug-likeness (QED) is 0.820. The van der Waals surface area contributed by atoms with Crippen LogP contribution in [0.5, 0.6) is 0 Å². The van der Waals surface area contributed by atoms with Gasteiger partial charge < -0.3 is 9.52 Å². The van der Waals surface area contributed by atoms with E-state index < -0.39 is 10.0 Å². The predicted octanol–water partition coefficient (Wildman–Crippen LogP) is 1.60. The maximum atomic E-state index is 12.6. The largest absolute Gasteiger partial charge is 0.462 e. The molecule has 0 radical (unpaired) electrons. The molecule has 6 nitrogen and oxygen atoms in total. The third kappa shape index (κ3) is 4.35. The van der Waals surface area contributed by atoms with Crippen molar-refractivity contribution in [1.82, 2.24) is 9.62 Å². The third-order valence-electron chi connectivity index (χ3n) is 4.84. The van der Waals surface area contributed by atoms with Crippen molar-refractivity contribution < 1.29 is 17.9 Å². The Balaban J connectivity index is 1.58. The third-order valence-corrected chi connectivity index (χ3v) is 6.76. The molecule has 1 saturated carbocycles. The number of piperidine rings is 1. The van der Waals surface area contributed by atoms with Crippen LogP contribution in [0.2, 0.25) is 0 Å². The zero-order chi connectivity index (χ0) is 16.3. The second kappa shape index (κ2) is 7.34. The van der Waals surface area contributed by atoms with Gasteiger partial charge in [0.2, 0.25) is 10.0 Å². The molecular weight excluding hydrogens is 316 g/mol. The molecular formula is C16H26N2O4S. The predicted molar refractivity (Wildman–Crippen MR) is 87.2 cm³/mol. The second-order valence-electron chi connectivity index (χ2n) is 6.67. The van der Waals surface area contributed by atoms with Crippen molar-refractivity contribution in [3.8, 4) is 0 Å². The fourth-order valence-electron chi connectivity index (χ4n) is 3.59. The number of hydrogen-bond donors (Lipinski definition) is 2. The molecule has 2 heterocycles. The van der Waals surface area contributed by atoms with Crippen LogP contribution in [0.1, 0.15) is 50.0 Å². The van der Waals surface area contributed by atoms with E-state index in [1.54, 1.807) is 6.07 Å². The molecule has 3 rings (SSSR count). The highest BCUT2D eigenvalue weighted by molar-refractivity contribution is 7.90. The minimum atomic E-state index is -3.25. The van der Waals surface area contributed by atoms with Crippen molar-refractivity contribution in [2.24, 2.45) is 0 Å². The number of rotatable bonds is 6. The molecule has 23 heavy (non-hydrogen) atoms. The summed E-state index contributed by atoms with van der Waals surface area (Å²) in [5.41, 5.74) is 0. The summed E-state index contributed by atoms with van der Waals surface area (Å²) < 4.78 is 33.6. The number of nitrogens with one attached hydrogen (secondary N) is 1. The number of nitrogens with zero attached hydrogens (tertiary/aromatic N) is 1. The molecule has 2 N–H and O–H groups in total.